The van der Waals surface area contributed by atoms with Crippen molar-refractivity contribution in [2.24, 2.45) is 17.8 Å². The van der Waals surface area contributed by atoms with Crippen molar-refractivity contribution in [2.75, 3.05) is 73.3 Å². The topological polar surface area (TPSA) is 110 Å². The van der Waals surface area contributed by atoms with Crippen molar-refractivity contribution in [1.82, 2.24) is 20.0 Å². The molecule has 2 atom stereocenters. The maximum atomic E-state index is 13.8. The molecule has 2 heterocycles. The van der Waals surface area contributed by atoms with Crippen molar-refractivity contribution in [2.45, 2.75) is 65.0 Å². The van der Waals surface area contributed by atoms with Gasteiger partial charge in [-0.2, -0.15) is 0 Å². The van der Waals surface area contributed by atoms with E-state index in [4.69, 9.17) is 18.9 Å². The zero-order chi connectivity index (χ0) is 31.6. The van der Waals surface area contributed by atoms with E-state index in [9.17, 15) is 14.4 Å². The number of likely N-dealkylation sites (tertiary alicyclic amines) is 1. The van der Waals surface area contributed by atoms with E-state index in [1.807, 2.05) is 28.5 Å². The molecule has 1 aromatic rings. The second kappa shape index (κ2) is 16.3. The van der Waals surface area contributed by atoms with Gasteiger partial charge in [-0.15, -0.1) is 0 Å². The first-order chi connectivity index (χ1) is 21.2. The number of nitrogens with one attached hydrogen (secondary N) is 1. The number of ether oxygens (including phenoxy) is 4. The van der Waals surface area contributed by atoms with Gasteiger partial charge in [0.15, 0.2) is 11.5 Å². The van der Waals surface area contributed by atoms with Crippen LogP contribution in [0, 0.1) is 17.8 Å². The number of amides is 3. The summed E-state index contributed by atoms with van der Waals surface area (Å²) in [5.41, 5.74) is 0.557. The van der Waals surface area contributed by atoms with Gasteiger partial charge in [-0.3, -0.25) is 9.59 Å². The molecule has 1 aromatic carbocycles. The van der Waals surface area contributed by atoms with E-state index in [1.165, 1.54) is 0 Å². The Balaban J connectivity index is 1.35. The van der Waals surface area contributed by atoms with E-state index in [2.05, 4.69) is 5.32 Å². The fourth-order valence-electron chi connectivity index (χ4n) is 6.17. The molecule has 4 rings (SSSR count). The second-order valence-electron chi connectivity index (χ2n) is 12.7. The van der Waals surface area contributed by atoms with Crippen LogP contribution in [0.2, 0.25) is 0 Å². The van der Waals surface area contributed by atoms with Crippen LogP contribution in [-0.2, 0) is 14.3 Å². The molecule has 3 amide bonds. The van der Waals surface area contributed by atoms with Crippen LogP contribution in [0.3, 0.4) is 0 Å². The molecule has 3 fully saturated rings. The highest BCUT2D eigenvalue weighted by Gasteiger charge is 2.39. The number of carbonyl (C=O) groups excluding carboxylic acids is 3. The summed E-state index contributed by atoms with van der Waals surface area (Å²) in [6.07, 6.45) is 4.22. The quantitative estimate of drug-likeness (QED) is 0.298. The van der Waals surface area contributed by atoms with Crippen LogP contribution >= 0.6 is 0 Å². The lowest BCUT2D eigenvalue weighted by atomic mass is 9.94. The zero-order valence-electron chi connectivity index (χ0n) is 27.2. The van der Waals surface area contributed by atoms with Gasteiger partial charge < -0.3 is 39.0 Å². The first-order valence-corrected chi connectivity index (χ1v) is 16.2. The standard InChI is InChI=1S/C33H52N4O7/c1-23(2)36(32(39)26-7-10-30(42-5)31(17-26)43-16-6-15-41-4)20-27-18-34-19-28(27)21-37(29-8-9-29)33(40)44-22-25-11-13-35(14-12-25)24(3)38/h7,10,17,23,25,27-29,34H,6,8-9,11-16,18-22H2,1-5H3/t27-,28+/m1/s1. The lowest BCUT2D eigenvalue weighted by Gasteiger charge is -2.34. The van der Waals surface area contributed by atoms with Gasteiger partial charge >= 0.3 is 6.09 Å². The van der Waals surface area contributed by atoms with Gasteiger partial charge in [0.25, 0.3) is 5.91 Å². The average molecular weight is 617 g/mol. The Bertz CT molecular complexity index is 1100. The number of hydrogen-bond donors (Lipinski definition) is 1. The Morgan fingerprint density at radius 1 is 0.977 bits per heavy atom. The van der Waals surface area contributed by atoms with Crippen LogP contribution in [0.5, 0.6) is 11.5 Å². The first-order valence-electron chi connectivity index (χ1n) is 16.2. The van der Waals surface area contributed by atoms with E-state index in [0.29, 0.717) is 50.0 Å². The SMILES string of the molecule is COCCCOc1cc(C(=O)N(C[C@H]2CNC[C@H]2CN(C(=O)OCC2CCN(C(C)=O)CC2)C2CC2)C(C)C)ccc1OC. The lowest BCUT2D eigenvalue weighted by molar-refractivity contribution is -0.130. The molecule has 2 saturated heterocycles. The summed E-state index contributed by atoms with van der Waals surface area (Å²) in [6.45, 7) is 11.4. The van der Waals surface area contributed by atoms with Gasteiger partial charge in [0.2, 0.25) is 5.91 Å². The fraction of sp³-hybridized carbons (Fsp3) is 0.727. The number of piperidine rings is 1. The number of nitrogens with zero attached hydrogens (tertiary/aromatic N) is 3. The molecule has 11 heteroatoms. The van der Waals surface area contributed by atoms with Crippen LogP contribution in [0.15, 0.2) is 18.2 Å². The minimum Gasteiger partial charge on any atom is -0.493 e. The van der Waals surface area contributed by atoms with Gasteiger partial charge in [-0.05, 0) is 75.5 Å². The van der Waals surface area contributed by atoms with Gasteiger partial charge in [-0.1, -0.05) is 0 Å². The van der Waals surface area contributed by atoms with Crippen LogP contribution < -0.4 is 14.8 Å². The van der Waals surface area contributed by atoms with Crippen molar-refractivity contribution in [3.63, 3.8) is 0 Å². The second-order valence-corrected chi connectivity index (χ2v) is 12.7. The number of hydrogen-bond acceptors (Lipinski definition) is 8. The van der Waals surface area contributed by atoms with E-state index < -0.39 is 0 Å². The normalized spacial score (nSPS) is 20.5. The van der Waals surface area contributed by atoms with Crippen molar-refractivity contribution >= 4 is 17.9 Å². The number of benzene rings is 1. The molecule has 0 bridgehead atoms. The molecule has 3 aliphatic rings. The van der Waals surface area contributed by atoms with Crippen LogP contribution in [0.25, 0.3) is 0 Å². The van der Waals surface area contributed by atoms with Gasteiger partial charge in [0.05, 0.1) is 20.3 Å². The van der Waals surface area contributed by atoms with E-state index in [-0.39, 0.29) is 47.7 Å². The summed E-state index contributed by atoms with van der Waals surface area (Å²) < 4.78 is 22.3. The van der Waals surface area contributed by atoms with Gasteiger partial charge in [-0.25, -0.2) is 4.79 Å². The fourth-order valence-corrected chi connectivity index (χ4v) is 6.17. The zero-order valence-corrected chi connectivity index (χ0v) is 27.2. The highest BCUT2D eigenvalue weighted by Crippen LogP contribution is 2.32. The highest BCUT2D eigenvalue weighted by atomic mass is 16.6. The monoisotopic (exact) mass is 616 g/mol. The molecule has 0 radical (unpaired) electrons. The molecule has 11 nitrogen and oxygen atoms in total. The molecule has 2 aliphatic heterocycles. The summed E-state index contributed by atoms with van der Waals surface area (Å²) in [5, 5.41) is 3.51. The minimum absolute atomic E-state index is 0.00385. The number of carbonyl (C=O) groups is 3. The summed E-state index contributed by atoms with van der Waals surface area (Å²) in [5.74, 6) is 1.89. The summed E-state index contributed by atoms with van der Waals surface area (Å²) in [6, 6.07) is 5.56. The Labute approximate surface area is 262 Å². The molecule has 1 aliphatic carbocycles. The molecule has 0 unspecified atom stereocenters. The summed E-state index contributed by atoms with van der Waals surface area (Å²) >= 11 is 0. The Morgan fingerprint density at radius 2 is 1.68 bits per heavy atom. The maximum absolute atomic E-state index is 13.8. The Kier molecular flexibility index (Phi) is 12.5. The average Bonchev–Trinajstić information content (AvgIpc) is 3.77. The third-order valence-electron chi connectivity index (χ3n) is 9.11. The molecule has 0 spiro atoms. The number of rotatable bonds is 15. The minimum atomic E-state index is -0.236. The largest absolute Gasteiger partial charge is 0.493 e. The smallest absolute Gasteiger partial charge is 0.410 e. The first kappa shape index (κ1) is 33.8. The highest BCUT2D eigenvalue weighted by molar-refractivity contribution is 5.95. The van der Waals surface area contributed by atoms with Crippen LogP contribution in [-0.4, -0.2) is 118 Å². The van der Waals surface area contributed by atoms with Crippen molar-refractivity contribution in [1.29, 1.82) is 0 Å². The van der Waals surface area contributed by atoms with Gasteiger partial charge in [0.1, 0.15) is 0 Å². The molecule has 1 saturated carbocycles. The van der Waals surface area contributed by atoms with Crippen molar-refractivity contribution in [3.8, 4) is 11.5 Å². The summed E-state index contributed by atoms with van der Waals surface area (Å²) in [4.78, 5) is 44.5. The van der Waals surface area contributed by atoms with E-state index in [0.717, 1.165) is 58.3 Å². The summed E-state index contributed by atoms with van der Waals surface area (Å²) in [7, 11) is 3.25. The Morgan fingerprint density at radius 3 is 2.30 bits per heavy atom. The molecular formula is C33H52N4O7. The van der Waals surface area contributed by atoms with Crippen molar-refractivity contribution < 1.29 is 33.3 Å². The molecular weight excluding hydrogens is 564 g/mol. The predicted octanol–water partition coefficient (Wildman–Crippen LogP) is 3.66. The van der Waals surface area contributed by atoms with E-state index >= 15 is 0 Å². The third-order valence-corrected chi connectivity index (χ3v) is 9.11. The molecule has 0 aromatic heterocycles. The van der Waals surface area contributed by atoms with Crippen LogP contribution in [0.1, 0.15) is 63.2 Å². The third kappa shape index (κ3) is 9.23. The van der Waals surface area contributed by atoms with Crippen LogP contribution in [0.4, 0.5) is 4.79 Å². The molecule has 44 heavy (non-hydrogen) atoms. The van der Waals surface area contributed by atoms with Gasteiger partial charge in [0, 0.05) is 84.0 Å². The lowest BCUT2D eigenvalue weighted by Crippen LogP contribution is -2.45. The maximum Gasteiger partial charge on any atom is 0.410 e. The van der Waals surface area contributed by atoms with E-state index in [1.54, 1.807) is 39.3 Å². The molecule has 246 valence electrons. The van der Waals surface area contributed by atoms with Crippen molar-refractivity contribution in [3.05, 3.63) is 23.8 Å². The number of methoxy groups -OCH3 is 2. The predicted molar refractivity (Wildman–Crippen MR) is 167 cm³/mol. The Hall–Kier alpha value is -3.05. The molecule has 1 N–H and O–H groups in total.